The molecule has 0 radical (unpaired) electrons. The molecule has 0 fully saturated rings. The summed E-state index contributed by atoms with van der Waals surface area (Å²) in [6.45, 7) is 2.36. The molecule has 0 unspecified atom stereocenters. The number of imidazole rings is 1. The summed E-state index contributed by atoms with van der Waals surface area (Å²) in [7, 11) is 1.64. The van der Waals surface area contributed by atoms with Crippen molar-refractivity contribution in [2.24, 2.45) is 0 Å². The largest absolute Gasteiger partial charge is 0.497 e. The Hall–Kier alpha value is -2.37. The van der Waals surface area contributed by atoms with Crippen molar-refractivity contribution in [3.8, 4) is 5.75 Å². The van der Waals surface area contributed by atoms with Gasteiger partial charge in [-0.15, -0.1) is 0 Å². The number of rotatable bonds is 6. The average molecular weight is 275 g/mol. The highest BCUT2D eigenvalue weighted by Gasteiger charge is 2.16. The lowest BCUT2D eigenvalue weighted by atomic mass is 10.1. The Bertz CT molecular complexity index is 607. The third kappa shape index (κ3) is 3.14. The molecule has 0 saturated heterocycles. The summed E-state index contributed by atoms with van der Waals surface area (Å²) in [6, 6.07) is 7.85. The molecule has 0 atom stereocenters. The van der Waals surface area contributed by atoms with E-state index in [9.17, 15) is 10.1 Å². The van der Waals surface area contributed by atoms with Gasteiger partial charge in [-0.25, -0.2) is 9.55 Å². The highest BCUT2D eigenvalue weighted by atomic mass is 16.6. The minimum Gasteiger partial charge on any atom is -0.497 e. The van der Waals surface area contributed by atoms with Gasteiger partial charge in [0.1, 0.15) is 11.9 Å². The van der Waals surface area contributed by atoms with Crippen molar-refractivity contribution in [1.29, 1.82) is 0 Å². The average Bonchev–Trinajstić information content (AvgIpc) is 2.81. The summed E-state index contributed by atoms with van der Waals surface area (Å²) in [5.41, 5.74) is 1.16. The topological polar surface area (TPSA) is 70.2 Å². The fraction of sp³-hybridized carbons (Fsp3) is 0.357. The Morgan fingerprint density at radius 1 is 1.45 bits per heavy atom. The minimum absolute atomic E-state index is 0.0492. The van der Waals surface area contributed by atoms with Crippen LogP contribution in [0.3, 0.4) is 0 Å². The number of nitrogens with zero attached hydrogens (tertiary/aromatic N) is 3. The third-order valence-corrected chi connectivity index (χ3v) is 3.20. The monoisotopic (exact) mass is 275 g/mol. The SMILES string of the molecule is COc1cccc(CCCn2c([N+](=O)[O-])cnc2C)c1. The molecule has 2 aromatic rings. The number of aromatic nitrogens is 2. The van der Waals surface area contributed by atoms with E-state index in [0.29, 0.717) is 12.4 Å². The van der Waals surface area contributed by atoms with Gasteiger partial charge >= 0.3 is 5.82 Å². The van der Waals surface area contributed by atoms with E-state index >= 15 is 0 Å². The zero-order valence-electron chi connectivity index (χ0n) is 11.6. The molecule has 1 heterocycles. The van der Waals surface area contributed by atoms with Gasteiger partial charge < -0.3 is 14.9 Å². The van der Waals surface area contributed by atoms with Crippen LogP contribution >= 0.6 is 0 Å². The molecule has 0 spiro atoms. The van der Waals surface area contributed by atoms with E-state index in [1.165, 1.54) is 6.20 Å². The zero-order valence-corrected chi connectivity index (χ0v) is 11.6. The molecule has 0 N–H and O–H groups in total. The van der Waals surface area contributed by atoms with Crippen molar-refractivity contribution in [2.75, 3.05) is 7.11 Å². The van der Waals surface area contributed by atoms with Gasteiger partial charge in [-0.1, -0.05) is 12.1 Å². The van der Waals surface area contributed by atoms with Crippen LogP contribution in [0.25, 0.3) is 0 Å². The first-order valence-corrected chi connectivity index (χ1v) is 6.41. The van der Waals surface area contributed by atoms with Gasteiger partial charge in [0.2, 0.25) is 0 Å². The van der Waals surface area contributed by atoms with E-state index in [0.717, 1.165) is 24.2 Å². The Morgan fingerprint density at radius 3 is 2.95 bits per heavy atom. The lowest BCUT2D eigenvalue weighted by molar-refractivity contribution is -0.392. The molecule has 20 heavy (non-hydrogen) atoms. The van der Waals surface area contributed by atoms with Crippen LogP contribution in [-0.4, -0.2) is 21.6 Å². The van der Waals surface area contributed by atoms with Gasteiger partial charge in [0.25, 0.3) is 0 Å². The second kappa shape index (κ2) is 6.18. The van der Waals surface area contributed by atoms with Gasteiger partial charge in [-0.3, -0.25) is 0 Å². The van der Waals surface area contributed by atoms with E-state index in [1.807, 2.05) is 24.3 Å². The van der Waals surface area contributed by atoms with Crippen molar-refractivity contribution < 1.29 is 9.66 Å². The van der Waals surface area contributed by atoms with Gasteiger partial charge in [0.05, 0.1) is 13.7 Å². The predicted octanol–water partition coefficient (Wildman–Crippen LogP) is 2.74. The number of aryl methyl sites for hydroxylation is 2. The summed E-state index contributed by atoms with van der Waals surface area (Å²) in [5.74, 6) is 1.54. The standard InChI is InChI=1S/C14H17N3O3/c1-11-15-10-14(17(18)19)16(11)8-4-6-12-5-3-7-13(9-12)20-2/h3,5,7,9-10H,4,6,8H2,1-2H3. The first kappa shape index (κ1) is 14.0. The second-order valence-corrected chi connectivity index (χ2v) is 4.53. The molecule has 2 rings (SSSR count). The van der Waals surface area contributed by atoms with Crippen LogP contribution in [-0.2, 0) is 13.0 Å². The van der Waals surface area contributed by atoms with E-state index in [1.54, 1.807) is 18.6 Å². The fourth-order valence-electron chi connectivity index (χ4n) is 2.15. The fourth-order valence-corrected chi connectivity index (χ4v) is 2.15. The summed E-state index contributed by atoms with van der Waals surface area (Å²) >= 11 is 0. The molecule has 0 bridgehead atoms. The highest BCUT2D eigenvalue weighted by molar-refractivity contribution is 5.28. The number of methoxy groups -OCH3 is 1. The molecule has 0 saturated carbocycles. The zero-order chi connectivity index (χ0) is 14.5. The number of hydrogen-bond donors (Lipinski definition) is 0. The van der Waals surface area contributed by atoms with Gasteiger partial charge in [-0.05, 0) is 35.5 Å². The smallest absolute Gasteiger partial charge is 0.342 e. The summed E-state index contributed by atoms with van der Waals surface area (Å²) in [6.07, 6.45) is 2.96. The van der Waals surface area contributed by atoms with Crippen molar-refractivity contribution in [3.05, 3.63) is 52.0 Å². The van der Waals surface area contributed by atoms with Crippen LogP contribution in [0.4, 0.5) is 5.82 Å². The molecule has 1 aromatic heterocycles. The lowest BCUT2D eigenvalue weighted by Gasteiger charge is -2.05. The van der Waals surface area contributed by atoms with Gasteiger partial charge in [0.15, 0.2) is 5.82 Å². The Kier molecular flexibility index (Phi) is 4.34. The van der Waals surface area contributed by atoms with Crippen LogP contribution in [0, 0.1) is 17.0 Å². The molecule has 0 aliphatic carbocycles. The molecular weight excluding hydrogens is 258 g/mol. The number of nitro groups is 1. The molecule has 0 amide bonds. The molecule has 0 aliphatic rings. The number of hydrogen-bond acceptors (Lipinski definition) is 4. The van der Waals surface area contributed by atoms with Crippen molar-refractivity contribution in [3.63, 3.8) is 0 Å². The normalized spacial score (nSPS) is 10.5. The lowest BCUT2D eigenvalue weighted by Crippen LogP contribution is -2.06. The second-order valence-electron chi connectivity index (χ2n) is 4.53. The van der Waals surface area contributed by atoms with Crippen LogP contribution in [0.5, 0.6) is 5.75 Å². The minimum atomic E-state index is -0.397. The molecule has 0 aliphatic heterocycles. The summed E-state index contributed by atoms with van der Waals surface area (Å²) < 4.78 is 6.81. The number of benzene rings is 1. The van der Waals surface area contributed by atoms with Crippen LogP contribution < -0.4 is 4.74 Å². The van der Waals surface area contributed by atoms with Crippen LogP contribution in [0.1, 0.15) is 17.8 Å². The Morgan fingerprint density at radius 2 is 2.25 bits per heavy atom. The summed E-state index contributed by atoms with van der Waals surface area (Å²) in [4.78, 5) is 14.5. The molecule has 6 nitrogen and oxygen atoms in total. The predicted molar refractivity (Wildman–Crippen MR) is 74.9 cm³/mol. The van der Waals surface area contributed by atoms with Crippen LogP contribution in [0.2, 0.25) is 0 Å². The summed E-state index contributed by atoms with van der Waals surface area (Å²) in [5, 5.41) is 10.9. The Labute approximate surface area is 117 Å². The first-order chi connectivity index (χ1) is 9.61. The number of ether oxygens (including phenoxy) is 1. The first-order valence-electron chi connectivity index (χ1n) is 6.41. The van der Waals surface area contributed by atoms with Gasteiger partial charge in [-0.2, -0.15) is 0 Å². The highest BCUT2D eigenvalue weighted by Crippen LogP contribution is 2.17. The van der Waals surface area contributed by atoms with E-state index in [-0.39, 0.29) is 5.82 Å². The Balaban J connectivity index is 1.99. The molecule has 106 valence electrons. The third-order valence-electron chi connectivity index (χ3n) is 3.20. The molecule has 6 heteroatoms. The van der Waals surface area contributed by atoms with Crippen LogP contribution in [0.15, 0.2) is 30.5 Å². The van der Waals surface area contributed by atoms with E-state index < -0.39 is 4.92 Å². The maximum Gasteiger partial charge on any atom is 0.342 e. The van der Waals surface area contributed by atoms with Crippen molar-refractivity contribution >= 4 is 5.82 Å². The van der Waals surface area contributed by atoms with Crippen molar-refractivity contribution in [1.82, 2.24) is 9.55 Å². The van der Waals surface area contributed by atoms with E-state index in [2.05, 4.69) is 4.98 Å². The van der Waals surface area contributed by atoms with Gasteiger partial charge in [0, 0.05) is 6.92 Å². The molecule has 1 aromatic carbocycles. The quantitative estimate of drug-likeness (QED) is 0.600. The maximum absolute atomic E-state index is 10.9. The van der Waals surface area contributed by atoms with Crippen molar-refractivity contribution in [2.45, 2.75) is 26.3 Å². The van der Waals surface area contributed by atoms with E-state index in [4.69, 9.17) is 4.74 Å². The maximum atomic E-state index is 10.9. The molecular formula is C14H17N3O3.